The Hall–Kier alpha value is -2.86. The third-order valence-electron chi connectivity index (χ3n) is 5.13. The molecule has 0 saturated heterocycles. The van der Waals surface area contributed by atoms with Crippen LogP contribution in [0.1, 0.15) is 25.0 Å². The Balaban J connectivity index is 2.17. The Morgan fingerprint density at radius 3 is 2.03 bits per heavy atom. The van der Waals surface area contributed by atoms with Crippen LogP contribution >= 0.6 is 0 Å². The minimum absolute atomic E-state index is 0.0586. The first-order chi connectivity index (χ1) is 14.1. The van der Waals surface area contributed by atoms with Crippen LogP contribution in [0.2, 0.25) is 0 Å². The molecule has 2 nitrogen and oxygen atoms in total. The molecule has 3 rings (SSSR count). The van der Waals surface area contributed by atoms with Crippen LogP contribution in [0.5, 0.6) is 0 Å². The van der Waals surface area contributed by atoms with Gasteiger partial charge in [-0.15, -0.1) is 0 Å². The molecule has 0 spiro atoms. The van der Waals surface area contributed by atoms with E-state index in [-0.39, 0.29) is 34.8 Å². The second-order valence-corrected chi connectivity index (χ2v) is 7.82. The molecule has 0 saturated carbocycles. The average molecular weight is 418 g/mol. The molecule has 6 heteroatoms. The highest BCUT2D eigenvalue weighted by Gasteiger charge is 2.43. The van der Waals surface area contributed by atoms with Gasteiger partial charge in [-0.2, -0.15) is 0 Å². The zero-order valence-electron chi connectivity index (χ0n) is 16.5. The van der Waals surface area contributed by atoms with Crippen LogP contribution in [0.25, 0.3) is 6.08 Å². The van der Waals surface area contributed by atoms with Crippen LogP contribution in [0.4, 0.5) is 17.6 Å². The van der Waals surface area contributed by atoms with E-state index in [4.69, 9.17) is 0 Å². The maximum Gasteiger partial charge on any atom is 0.126 e. The van der Waals surface area contributed by atoms with Gasteiger partial charge in [-0.25, -0.2) is 17.6 Å². The molecule has 0 amide bonds. The number of hydrogen-bond acceptors (Lipinski definition) is 2. The number of allylic oxidation sites excluding steroid dienone is 2. The summed E-state index contributed by atoms with van der Waals surface area (Å²) in [6.45, 7) is 3.61. The summed E-state index contributed by atoms with van der Waals surface area (Å²) in [4.78, 5) is 0. The third kappa shape index (κ3) is 4.65. The van der Waals surface area contributed by atoms with Gasteiger partial charge in [0.2, 0.25) is 0 Å². The monoisotopic (exact) mass is 418 g/mol. The molecule has 1 aliphatic carbocycles. The molecule has 158 valence electrons. The Morgan fingerprint density at radius 1 is 0.967 bits per heavy atom. The Labute approximate surface area is 172 Å². The van der Waals surface area contributed by atoms with E-state index in [1.54, 1.807) is 13.8 Å². The standard InChI is InChI=1S/C24H22F4O2/c1-14(2)23-22(29)4-3-5-24(23,30)17(6-15-8-18(25)12-19(26)9-15)7-16-10-20(27)13-21(28)11-16/h3-6,8-14,23,29-30H,7H2,1-2H3. The molecule has 2 unspecified atom stereocenters. The van der Waals surface area contributed by atoms with Gasteiger partial charge in [-0.1, -0.05) is 26.0 Å². The lowest BCUT2D eigenvalue weighted by molar-refractivity contribution is 0.0338. The number of rotatable bonds is 5. The molecule has 30 heavy (non-hydrogen) atoms. The Bertz CT molecular complexity index is 999. The largest absolute Gasteiger partial charge is 0.512 e. The molecular formula is C24H22F4O2. The molecule has 0 heterocycles. The predicted molar refractivity (Wildman–Crippen MR) is 108 cm³/mol. The maximum atomic E-state index is 13.7. The van der Waals surface area contributed by atoms with Crippen LogP contribution in [-0.2, 0) is 6.42 Å². The van der Waals surface area contributed by atoms with Crippen molar-refractivity contribution in [1.29, 1.82) is 0 Å². The summed E-state index contributed by atoms with van der Waals surface area (Å²) in [6, 6.07) is 5.88. The van der Waals surface area contributed by atoms with Crippen LogP contribution in [-0.4, -0.2) is 15.8 Å². The lowest BCUT2D eigenvalue weighted by Gasteiger charge is -2.40. The number of halogens is 4. The topological polar surface area (TPSA) is 40.5 Å². The highest BCUT2D eigenvalue weighted by atomic mass is 19.1. The van der Waals surface area contributed by atoms with Crippen molar-refractivity contribution < 1.29 is 27.8 Å². The zero-order chi connectivity index (χ0) is 22.1. The molecule has 0 fully saturated rings. The Morgan fingerprint density at radius 2 is 1.50 bits per heavy atom. The lowest BCUT2D eigenvalue weighted by Crippen LogP contribution is -2.43. The van der Waals surface area contributed by atoms with E-state index in [1.807, 2.05) is 0 Å². The number of hydrogen-bond donors (Lipinski definition) is 2. The summed E-state index contributed by atoms with van der Waals surface area (Å²) in [5.41, 5.74) is -1.14. The van der Waals surface area contributed by atoms with E-state index < -0.39 is 34.8 Å². The second-order valence-electron chi connectivity index (χ2n) is 7.82. The smallest absolute Gasteiger partial charge is 0.126 e. The van der Waals surface area contributed by atoms with Gasteiger partial charge in [0.05, 0.1) is 11.7 Å². The molecule has 0 bridgehead atoms. The summed E-state index contributed by atoms with van der Waals surface area (Å²) >= 11 is 0. The van der Waals surface area contributed by atoms with Gasteiger partial charge in [-0.3, -0.25) is 0 Å². The summed E-state index contributed by atoms with van der Waals surface area (Å²) in [7, 11) is 0. The summed E-state index contributed by atoms with van der Waals surface area (Å²) in [5, 5.41) is 22.0. The molecule has 0 radical (unpaired) electrons. The van der Waals surface area contributed by atoms with Gasteiger partial charge < -0.3 is 10.2 Å². The quantitative estimate of drug-likeness (QED) is 0.595. The average Bonchev–Trinajstić information content (AvgIpc) is 2.59. The van der Waals surface area contributed by atoms with Gasteiger partial charge in [0.1, 0.15) is 28.9 Å². The van der Waals surface area contributed by atoms with Crippen molar-refractivity contribution in [3.63, 3.8) is 0 Å². The van der Waals surface area contributed by atoms with E-state index >= 15 is 0 Å². The SMILES string of the molecule is CC(C)C1C(O)=CC=CC1(O)C(=Cc1cc(F)cc(F)c1)Cc1cc(F)cc(F)c1. The zero-order valence-corrected chi connectivity index (χ0v) is 16.5. The minimum Gasteiger partial charge on any atom is -0.512 e. The van der Waals surface area contributed by atoms with Crippen molar-refractivity contribution in [2.45, 2.75) is 25.9 Å². The molecule has 0 aromatic heterocycles. The van der Waals surface area contributed by atoms with Gasteiger partial charge in [-0.05, 0) is 65.5 Å². The molecule has 1 aliphatic rings. The first kappa shape index (κ1) is 21.8. The molecule has 2 atom stereocenters. The van der Waals surface area contributed by atoms with Gasteiger partial charge >= 0.3 is 0 Å². The van der Waals surface area contributed by atoms with E-state index in [0.29, 0.717) is 0 Å². The number of aliphatic hydroxyl groups excluding tert-OH is 1. The van der Waals surface area contributed by atoms with Crippen LogP contribution in [0.15, 0.2) is 66.0 Å². The highest BCUT2D eigenvalue weighted by Crippen LogP contribution is 2.41. The van der Waals surface area contributed by atoms with Gasteiger partial charge in [0.25, 0.3) is 0 Å². The van der Waals surface area contributed by atoms with E-state index in [9.17, 15) is 27.8 Å². The lowest BCUT2D eigenvalue weighted by atomic mass is 9.70. The van der Waals surface area contributed by atoms with Crippen molar-refractivity contribution in [1.82, 2.24) is 0 Å². The fourth-order valence-corrected chi connectivity index (χ4v) is 3.98. The van der Waals surface area contributed by atoms with Crippen molar-refractivity contribution in [3.05, 3.63) is 100 Å². The third-order valence-corrected chi connectivity index (χ3v) is 5.13. The predicted octanol–water partition coefficient (Wildman–Crippen LogP) is 5.88. The van der Waals surface area contributed by atoms with Crippen LogP contribution < -0.4 is 0 Å². The molecule has 2 aromatic carbocycles. The van der Waals surface area contributed by atoms with Crippen molar-refractivity contribution in [2.75, 3.05) is 0 Å². The van der Waals surface area contributed by atoms with E-state index in [0.717, 1.165) is 36.4 Å². The summed E-state index contributed by atoms with van der Waals surface area (Å²) in [6.07, 6.45) is 5.67. The van der Waals surface area contributed by atoms with Gasteiger partial charge in [0.15, 0.2) is 0 Å². The fourth-order valence-electron chi connectivity index (χ4n) is 3.98. The van der Waals surface area contributed by atoms with E-state index in [1.165, 1.54) is 24.3 Å². The minimum atomic E-state index is -1.74. The molecule has 2 aromatic rings. The maximum absolute atomic E-state index is 13.7. The number of aliphatic hydroxyl groups is 2. The first-order valence-electron chi connectivity index (χ1n) is 9.51. The molecular weight excluding hydrogens is 396 g/mol. The van der Waals surface area contributed by atoms with Crippen molar-refractivity contribution >= 4 is 6.08 Å². The molecule has 2 N–H and O–H groups in total. The molecule has 0 aliphatic heterocycles. The summed E-state index contributed by atoms with van der Waals surface area (Å²) in [5.74, 6) is -4.19. The highest BCUT2D eigenvalue weighted by molar-refractivity contribution is 5.59. The normalized spacial score (nSPS) is 21.8. The van der Waals surface area contributed by atoms with Crippen LogP contribution in [0.3, 0.4) is 0 Å². The van der Waals surface area contributed by atoms with Gasteiger partial charge in [0, 0.05) is 12.1 Å². The van der Waals surface area contributed by atoms with Crippen molar-refractivity contribution in [3.8, 4) is 0 Å². The second kappa shape index (κ2) is 8.48. The first-order valence-corrected chi connectivity index (χ1v) is 9.51. The van der Waals surface area contributed by atoms with E-state index in [2.05, 4.69) is 0 Å². The van der Waals surface area contributed by atoms with Crippen LogP contribution in [0, 0.1) is 35.1 Å². The Kier molecular flexibility index (Phi) is 6.17. The summed E-state index contributed by atoms with van der Waals surface area (Å²) < 4.78 is 54.9. The number of benzene rings is 2. The fraction of sp³-hybridized carbons (Fsp3) is 0.250. The van der Waals surface area contributed by atoms with Crippen molar-refractivity contribution in [2.24, 2.45) is 11.8 Å².